The van der Waals surface area contributed by atoms with Crippen molar-refractivity contribution < 1.29 is 9.15 Å². The molecule has 0 spiro atoms. The van der Waals surface area contributed by atoms with Crippen LogP contribution in [0.25, 0.3) is 11.1 Å². The Bertz CT molecular complexity index is 410. The number of ether oxygens (including phenoxy) is 1. The van der Waals surface area contributed by atoms with Crippen LogP contribution in [-0.4, -0.2) is 12.1 Å². The molecular weight excluding hydrogens is 178 g/mol. The van der Waals surface area contributed by atoms with Crippen molar-refractivity contribution in [1.82, 2.24) is 4.98 Å². The highest BCUT2D eigenvalue weighted by Crippen LogP contribution is 2.26. The molecule has 0 saturated heterocycles. The van der Waals surface area contributed by atoms with E-state index in [1.54, 1.807) is 19.2 Å². The molecule has 12 heavy (non-hydrogen) atoms. The largest absolute Gasteiger partial charge is 0.494 e. The molecule has 0 fully saturated rings. The van der Waals surface area contributed by atoms with Crippen LogP contribution in [0.4, 0.5) is 0 Å². The minimum Gasteiger partial charge on any atom is -0.494 e. The van der Waals surface area contributed by atoms with Gasteiger partial charge in [0.1, 0.15) is 5.75 Å². The van der Waals surface area contributed by atoms with Gasteiger partial charge in [0.15, 0.2) is 11.1 Å². The second-order valence-corrected chi connectivity index (χ2v) is 2.60. The highest BCUT2D eigenvalue weighted by Gasteiger charge is 2.07. The Labute approximate surface area is 73.9 Å². The molecule has 1 aromatic heterocycles. The number of nitrogens with zero attached hydrogens (tertiary/aromatic N) is 1. The molecule has 2 aromatic rings. The molecule has 2 rings (SSSR count). The molecule has 0 saturated carbocycles. The maximum atomic E-state index is 5.58. The van der Waals surface area contributed by atoms with Gasteiger partial charge in [-0.1, -0.05) is 6.07 Å². The minimum atomic E-state index is 0.134. The molecule has 0 unspecified atom stereocenters. The van der Waals surface area contributed by atoms with Crippen LogP contribution in [0.2, 0.25) is 5.35 Å². The van der Waals surface area contributed by atoms with Crippen molar-refractivity contribution in [3.63, 3.8) is 0 Å². The first-order valence-electron chi connectivity index (χ1n) is 3.40. The van der Waals surface area contributed by atoms with Crippen molar-refractivity contribution in [3.05, 3.63) is 23.5 Å². The number of hydrogen-bond acceptors (Lipinski definition) is 3. The lowest BCUT2D eigenvalue weighted by Crippen LogP contribution is -1.82. The summed E-state index contributed by atoms with van der Waals surface area (Å²) in [7, 11) is 1.58. The molecule has 0 bridgehead atoms. The fourth-order valence-corrected chi connectivity index (χ4v) is 1.23. The van der Waals surface area contributed by atoms with E-state index in [9.17, 15) is 0 Å². The SMILES string of the molecule is COc1cccc2oc(Cl)nc12. The maximum absolute atomic E-state index is 5.58. The highest BCUT2D eigenvalue weighted by molar-refractivity contribution is 6.28. The van der Waals surface area contributed by atoms with E-state index < -0.39 is 0 Å². The third-order valence-electron chi connectivity index (χ3n) is 1.58. The Morgan fingerprint density at radius 3 is 3.08 bits per heavy atom. The van der Waals surface area contributed by atoms with Crippen molar-refractivity contribution in [1.29, 1.82) is 0 Å². The number of methoxy groups -OCH3 is 1. The number of para-hydroxylation sites is 1. The minimum absolute atomic E-state index is 0.134. The number of aromatic nitrogens is 1. The first-order valence-corrected chi connectivity index (χ1v) is 3.78. The Hall–Kier alpha value is -1.22. The number of halogens is 1. The fourth-order valence-electron chi connectivity index (χ4n) is 1.06. The van der Waals surface area contributed by atoms with E-state index >= 15 is 0 Å². The van der Waals surface area contributed by atoms with Gasteiger partial charge in [0.25, 0.3) is 5.35 Å². The molecule has 0 N–H and O–H groups in total. The summed E-state index contributed by atoms with van der Waals surface area (Å²) in [6, 6.07) is 5.42. The number of hydrogen-bond donors (Lipinski definition) is 0. The summed E-state index contributed by atoms with van der Waals surface area (Å²) in [4.78, 5) is 3.96. The normalized spacial score (nSPS) is 10.5. The molecule has 0 aliphatic heterocycles. The summed E-state index contributed by atoms with van der Waals surface area (Å²) in [5.41, 5.74) is 1.30. The average molecular weight is 184 g/mol. The van der Waals surface area contributed by atoms with E-state index in [1.807, 2.05) is 6.07 Å². The van der Waals surface area contributed by atoms with Crippen molar-refractivity contribution in [2.45, 2.75) is 0 Å². The number of oxazole rings is 1. The van der Waals surface area contributed by atoms with Crippen molar-refractivity contribution >= 4 is 22.7 Å². The van der Waals surface area contributed by atoms with Gasteiger partial charge in [0.2, 0.25) is 0 Å². The maximum Gasteiger partial charge on any atom is 0.293 e. The molecule has 1 aromatic carbocycles. The summed E-state index contributed by atoms with van der Waals surface area (Å²) in [5.74, 6) is 0.670. The quantitative estimate of drug-likeness (QED) is 0.682. The molecular formula is C8H6ClNO2. The lowest BCUT2D eigenvalue weighted by molar-refractivity contribution is 0.419. The fraction of sp³-hybridized carbons (Fsp3) is 0.125. The highest BCUT2D eigenvalue weighted by atomic mass is 35.5. The molecule has 0 radical (unpaired) electrons. The van der Waals surface area contributed by atoms with E-state index in [-0.39, 0.29) is 5.35 Å². The van der Waals surface area contributed by atoms with Crippen LogP contribution in [0.15, 0.2) is 22.6 Å². The van der Waals surface area contributed by atoms with E-state index in [0.29, 0.717) is 16.8 Å². The van der Waals surface area contributed by atoms with Crippen LogP contribution in [-0.2, 0) is 0 Å². The topological polar surface area (TPSA) is 35.3 Å². The van der Waals surface area contributed by atoms with Crippen molar-refractivity contribution in [3.8, 4) is 5.75 Å². The molecule has 1 heterocycles. The van der Waals surface area contributed by atoms with Gasteiger partial charge in [-0.3, -0.25) is 0 Å². The summed E-state index contributed by atoms with van der Waals surface area (Å²) >= 11 is 5.58. The molecule has 62 valence electrons. The smallest absolute Gasteiger partial charge is 0.293 e. The average Bonchev–Trinajstić information content (AvgIpc) is 2.44. The third-order valence-corrected chi connectivity index (χ3v) is 1.74. The van der Waals surface area contributed by atoms with Crippen LogP contribution >= 0.6 is 11.6 Å². The predicted molar refractivity (Wildman–Crippen MR) is 45.6 cm³/mol. The van der Waals surface area contributed by atoms with Gasteiger partial charge in [-0.2, -0.15) is 4.98 Å². The molecule has 0 aliphatic rings. The summed E-state index contributed by atoms with van der Waals surface area (Å²) in [6.45, 7) is 0. The van der Waals surface area contributed by atoms with Crippen LogP contribution in [0.3, 0.4) is 0 Å². The van der Waals surface area contributed by atoms with Gasteiger partial charge >= 0.3 is 0 Å². The molecule has 0 atom stereocenters. The van der Waals surface area contributed by atoms with Crippen molar-refractivity contribution in [2.24, 2.45) is 0 Å². The molecule has 0 amide bonds. The van der Waals surface area contributed by atoms with E-state index in [2.05, 4.69) is 4.98 Å². The molecule has 4 heteroatoms. The monoisotopic (exact) mass is 183 g/mol. The van der Waals surface area contributed by atoms with Gasteiger partial charge in [0, 0.05) is 0 Å². The van der Waals surface area contributed by atoms with Gasteiger partial charge in [0.05, 0.1) is 7.11 Å². The van der Waals surface area contributed by atoms with E-state index in [0.717, 1.165) is 0 Å². The van der Waals surface area contributed by atoms with Gasteiger partial charge < -0.3 is 9.15 Å². The number of fused-ring (bicyclic) bond motifs is 1. The zero-order valence-electron chi connectivity index (χ0n) is 6.37. The zero-order valence-corrected chi connectivity index (χ0v) is 7.13. The first kappa shape index (κ1) is 7.43. The number of rotatable bonds is 1. The summed E-state index contributed by atoms with van der Waals surface area (Å²) in [6.07, 6.45) is 0. The standard InChI is InChI=1S/C8H6ClNO2/c1-11-5-3-2-4-6-7(5)10-8(9)12-6/h2-4H,1H3. The Kier molecular flexibility index (Phi) is 1.66. The van der Waals surface area contributed by atoms with Gasteiger partial charge in [-0.15, -0.1) is 0 Å². The third kappa shape index (κ3) is 1.02. The Balaban J connectivity index is 2.78. The second-order valence-electron chi connectivity index (χ2n) is 2.27. The number of benzene rings is 1. The van der Waals surface area contributed by atoms with Crippen LogP contribution < -0.4 is 4.74 Å². The summed E-state index contributed by atoms with van der Waals surface area (Å²) < 4.78 is 10.1. The molecule has 3 nitrogen and oxygen atoms in total. The summed E-state index contributed by atoms with van der Waals surface area (Å²) in [5, 5.41) is 0.134. The lowest BCUT2D eigenvalue weighted by atomic mass is 10.3. The van der Waals surface area contributed by atoms with Crippen LogP contribution in [0.1, 0.15) is 0 Å². The lowest BCUT2D eigenvalue weighted by Gasteiger charge is -1.96. The van der Waals surface area contributed by atoms with Crippen LogP contribution in [0, 0.1) is 0 Å². The second kappa shape index (κ2) is 2.68. The van der Waals surface area contributed by atoms with Crippen LogP contribution in [0.5, 0.6) is 5.75 Å². The zero-order chi connectivity index (χ0) is 8.55. The van der Waals surface area contributed by atoms with E-state index in [4.69, 9.17) is 20.8 Å². The Morgan fingerprint density at radius 1 is 1.50 bits per heavy atom. The van der Waals surface area contributed by atoms with E-state index in [1.165, 1.54) is 0 Å². The van der Waals surface area contributed by atoms with Gasteiger partial charge in [-0.25, -0.2) is 0 Å². The Morgan fingerprint density at radius 2 is 2.33 bits per heavy atom. The first-order chi connectivity index (χ1) is 5.81. The molecule has 0 aliphatic carbocycles. The van der Waals surface area contributed by atoms with Gasteiger partial charge in [-0.05, 0) is 23.7 Å². The van der Waals surface area contributed by atoms with Crippen molar-refractivity contribution in [2.75, 3.05) is 7.11 Å². The predicted octanol–water partition coefficient (Wildman–Crippen LogP) is 2.49.